The van der Waals surface area contributed by atoms with Gasteiger partial charge in [-0.25, -0.2) is 9.59 Å². The fourth-order valence-corrected chi connectivity index (χ4v) is 5.97. The lowest BCUT2D eigenvalue weighted by Gasteiger charge is -2.55. The van der Waals surface area contributed by atoms with Gasteiger partial charge in [-0.15, -0.1) is 11.8 Å². The molecule has 5 N–H and O–H groups in total. The number of benzene rings is 3. The average Bonchev–Trinajstić information content (AvgIpc) is 3.00. The first-order valence-corrected chi connectivity index (χ1v) is 13.5. The van der Waals surface area contributed by atoms with Crippen LogP contribution in [0, 0.1) is 0 Å². The maximum Gasteiger partial charge on any atom is 0.356 e. The molecule has 0 bridgehead atoms. The lowest BCUT2D eigenvalue weighted by atomic mass is 9.96. The van der Waals surface area contributed by atoms with Crippen molar-refractivity contribution in [3.05, 3.63) is 107 Å². The second-order valence-electron chi connectivity index (χ2n) is 9.31. The molecule has 41 heavy (non-hydrogen) atoms. The molecule has 2 aliphatic rings. The third-order valence-corrected chi connectivity index (χ3v) is 8.11. The summed E-state index contributed by atoms with van der Waals surface area (Å²) >= 11 is 1.19. The molecule has 0 spiro atoms. The number of nitrogens with one attached hydrogen (secondary N) is 1. The van der Waals surface area contributed by atoms with Crippen molar-refractivity contribution < 1.29 is 38.9 Å². The number of hydrogen-bond donors (Lipinski definition) is 4. The minimum absolute atomic E-state index is 0.0317. The van der Waals surface area contributed by atoms with E-state index in [0.717, 1.165) is 17.0 Å². The monoisotopic (exact) mass is 575 g/mol. The summed E-state index contributed by atoms with van der Waals surface area (Å²) in [5.74, 6) is -3.17. The Hall–Kier alpha value is -4.81. The Morgan fingerprint density at radius 1 is 1.02 bits per heavy atom. The van der Waals surface area contributed by atoms with E-state index in [4.69, 9.17) is 15.2 Å². The van der Waals surface area contributed by atoms with Gasteiger partial charge in [0.15, 0.2) is 17.6 Å². The van der Waals surface area contributed by atoms with Gasteiger partial charge < -0.3 is 25.0 Å². The van der Waals surface area contributed by atoms with Gasteiger partial charge >= 0.3 is 11.9 Å². The number of amides is 2. The molecular weight excluding hydrogens is 550 g/mol. The topological polar surface area (TPSA) is 168 Å². The summed E-state index contributed by atoms with van der Waals surface area (Å²) in [4.78, 5) is 52.0. The van der Waals surface area contributed by atoms with Crippen molar-refractivity contribution in [1.29, 1.82) is 0 Å². The van der Waals surface area contributed by atoms with Crippen LogP contribution in [-0.4, -0.2) is 62.8 Å². The van der Waals surface area contributed by atoms with E-state index >= 15 is 0 Å². The number of β-lactam (4-membered cyclic amide) rings is 1. The van der Waals surface area contributed by atoms with E-state index in [1.165, 1.54) is 17.8 Å². The van der Waals surface area contributed by atoms with E-state index in [1.54, 1.807) is 0 Å². The fraction of sp³-hybridized carbons (Fsp3) is 0.172. The lowest BCUT2D eigenvalue weighted by molar-refractivity contribution is -0.160. The Morgan fingerprint density at radius 3 is 2.24 bits per heavy atom. The molecule has 3 aromatic carbocycles. The highest BCUT2D eigenvalue weighted by atomic mass is 32.2. The van der Waals surface area contributed by atoms with Crippen LogP contribution in [0.3, 0.4) is 0 Å². The summed E-state index contributed by atoms with van der Waals surface area (Å²) in [6.07, 6.45) is -0.496. The molecule has 210 valence electrons. The molecule has 0 saturated carbocycles. The lowest BCUT2D eigenvalue weighted by Crippen LogP contribution is -2.83. The number of fused-ring (bicyclic) bond motifs is 1. The molecule has 5 rings (SSSR count). The molecule has 2 heterocycles. The van der Waals surface area contributed by atoms with Crippen LogP contribution in [0.15, 0.2) is 90.1 Å². The Bertz CT molecular complexity index is 1490. The minimum Gasteiger partial charge on any atom is -0.504 e. The fourth-order valence-electron chi connectivity index (χ4n) is 4.61. The van der Waals surface area contributed by atoms with Gasteiger partial charge in [0.05, 0.1) is 5.56 Å². The molecular formula is C29H25N3O8S. The van der Waals surface area contributed by atoms with Gasteiger partial charge in [0.1, 0.15) is 17.7 Å². The number of carbonyl (C=O) groups is 4. The quantitative estimate of drug-likeness (QED) is 0.0975. The van der Waals surface area contributed by atoms with Gasteiger partial charge in [-0.2, -0.15) is 0 Å². The summed E-state index contributed by atoms with van der Waals surface area (Å²) in [5, 5.41) is 20.8. The number of phenolic OH excluding ortho intramolecular Hbond substituents is 2. The van der Waals surface area contributed by atoms with Crippen molar-refractivity contribution in [2.24, 2.45) is 5.73 Å². The van der Waals surface area contributed by atoms with Gasteiger partial charge in [0.2, 0.25) is 12.1 Å². The van der Waals surface area contributed by atoms with E-state index in [-0.39, 0.29) is 29.2 Å². The maximum absolute atomic E-state index is 13.9. The minimum atomic E-state index is -1.72. The van der Waals surface area contributed by atoms with Gasteiger partial charge in [0.25, 0.3) is 5.91 Å². The van der Waals surface area contributed by atoms with Crippen molar-refractivity contribution in [2.45, 2.75) is 17.1 Å². The van der Waals surface area contributed by atoms with Crippen LogP contribution in [-0.2, 0) is 23.9 Å². The Morgan fingerprint density at radius 2 is 1.66 bits per heavy atom. The van der Waals surface area contributed by atoms with Crippen molar-refractivity contribution in [3.8, 4) is 11.5 Å². The van der Waals surface area contributed by atoms with Crippen LogP contribution in [0.2, 0.25) is 0 Å². The SMILES string of the molecule is N[C@]1(NC=O)C(=O)N2C(C(=O)OC(c3ccccc3)c3ccccc3)=C(COC(=O)c3ccc(O)c(O)c3)CS[C@@H]21. The van der Waals surface area contributed by atoms with E-state index in [0.29, 0.717) is 17.5 Å². The third-order valence-electron chi connectivity index (χ3n) is 6.70. The van der Waals surface area contributed by atoms with Crippen molar-refractivity contribution in [2.75, 3.05) is 12.4 Å². The number of rotatable bonds is 9. The molecule has 2 aliphatic heterocycles. The summed E-state index contributed by atoms with van der Waals surface area (Å²) in [7, 11) is 0. The number of nitrogens with two attached hydrogens (primary N) is 1. The van der Waals surface area contributed by atoms with Crippen LogP contribution in [0.5, 0.6) is 11.5 Å². The van der Waals surface area contributed by atoms with Gasteiger partial charge in [-0.1, -0.05) is 60.7 Å². The Kier molecular flexibility index (Phi) is 7.68. The smallest absolute Gasteiger partial charge is 0.356 e. The standard InChI is InChI=1S/C29H25N3O8S/c30-29(31-16-33)27(38)32-23(26(37)40-24(17-7-3-1-4-8-17)18-9-5-2-6-10-18)20(15-41-28(29)32)14-39-25(36)19-11-12-21(34)22(35)13-19/h1-13,16,24,28,34-35H,14-15,30H2,(H,31,33)/t28-,29+/m1/s1. The molecule has 2 atom stereocenters. The number of aromatic hydroxyl groups is 2. The zero-order chi connectivity index (χ0) is 29.1. The van der Waals surface area contributed by atoms with Crippen LogP contribution in [0.1, 0.15) is 27.6 Å². The van der Waals surface area contributed by atoms with Crippen molar-refractivity contribution in [1.82, 2.24) is 10.2 Å². The highest BCUT2D eigenvalue weighted by Crippen LogP contribution is 2.44. The van der Waals surface area contributed by atoms with Crippen molar-refractivity contribution >= 4 is 36.0 Å². The first-order chi connectivity index (χ1) is 19.7. The van der Waals surface area contributed by atoms with Gasteiger partial charge in [0, 0.05) is 11.3 Å². The highest BCUT2D eigenvalue weighted by Gasteiger charge is 2.63. The molecule has 1 saturated heterocycles. The normalized spacial score (nSPS) is 19.7. The predicted octanol–water partition coefficient (Wildman–Crippen LogP) is 2.16. The van der Waals surface area contributed by atoms with E-state index in [2.05, 4.69) is 5.32 Å². The van der Waals surface area contributed by atoms with E-state index < -0.39 is 46.5 Å². The average molecular weight is 576 g/mol. The van der Waals surface area contributed by atoms with Gasteiger partial charge in [-0.05, 0) is 29.3 Å². The molecule has 3 aromatic rings. The molecule has 0 radical (unpaired) electrons. The zero-order valence-corrected chi connectivity index (χ0v) is 22.2. The van der Waals surface area contributed by atoms with Crippen LogP contribution >= 0.6 is 11.8 Å². The first kappa shape index (κ1) is 27.7. The molecule has 11 nitrogen and oxygen atoms in total. The third kappa shape index (κ3) is 5.22. The highest BCUT2D eigenvalue weighted by molar-refractivity contribution is 8.00. The molecule has 12 heteroatoms. The Labute approximate surface area is 238 Å². The summed E-state index contributed by atoms with van der Waals surface area (Å²) < 4.78 is 11.4. The number of esters is 2. The van der Waals surface area contributed by atoms with Crippen LogP contribution < -0.4 is 11.1 Å². The number of carbonyl (C=O) groups excluding carboxylic acids is 4. The molecule has 2 amide bonds. The maximum atomic E-state index is 13.9. The molecule has 1 fully saturated rings. The second-order valence-corrected chi connectivity index (χ2v) is 10.4. The van der Waals surface area contributed by atoms with E-state index in [1.807, 2.05) is 60.7 Å². The second kappa shape index (κ2) is 11.4. The van der Waals surface area contributed by atoms with Crippen LogP contribution in [0.4, 0.5) is 0 Å². The molecule has 0 unspecified atom stereocenters. The number of hydrogen-bond acceptors (Lipinski definition) is 10. The number of ether oxygens (including phenoxy) is 2. The van der Waals surface area contributed by atoms with E-state index in [9.17, 15) is 29.4 Å². The predicted molar refractivity (Wildman–Crippen MR) is 147 cm³/mol. The van der Waals surface area contributed by atoms with Crippen LogP contribution in [0.25, 0.3) is 0 Å². The number of phenols is 2. The zero-order valence-electron chi connectivity index (χ0n) is 21.4. The summed E-state index contributed by atoms with van der Waals surface area (Å²) in [6, 6.07) is 21.6. The summed E-state index contributed by atoms with van der Waals surface area (Å²) in [5.41, 5.74) is 5.96. The summed E-state index contributed by atoms with van der Waals surface area (Å²) in [6.45, 7) is -0.381. The largest absolute Gasteiger partial charge is 0.504 e. The molecule has 0 aromatic heterocycles. The van der Waals surface area contributed by atoms with Gasteiger partial charge in [-0.3, -0.25) is 20.2 Å². The number of nitrogens with zero attached hydrogens (tertiary/aromatic N) is 1. The Balaban J connectivity index is 1.47. The number of thioether (sulfide) groups is 1. The first-order valence-electron chi connectivity index (χ1n) is 12.4. The molecule has 0 aliphatic carbocycles. The van der Waals surface area contributed by atoms with Crippen molar-refractivity contribution in [3.63, 3.8) is 0 Å².